The molecular formula is C12H13BrN2O3. The molecule has 0 saturated carbocycles. The Balaban J connectivity index is 1.71. The van der Waals surface area contributed by atoms with E-state index in [0.29, 0.717) is 36.5 Å². The van der Waals surface area contributed by atoms with Crippen LogP contribution in [0.2, 0.25) is 0 Å². The van der Waals surface area contributed by atoms with Gasteiger partial charge in [-0.25, -0.2) is 0 Å². The number of carbonyl (C=O) groups is 2. The molecular weight excluding hydrogens is 300 g/mol. The minimum atomic E-state index is -0.0975. The number of piperazine rings is 1. The van der Waals surface area contributed by atoms with Gasteiger partial charge in [-0.2, -0.15) is 0 Å². The molecule has 1 unspecified atom stereocenters. The maximum Gasteiger partial charge on any atom is 0.289 e. The highest BCUT2D eigenvalue weighted by Gasteiger charge is 2.37. The van der Waals surface area contributed by atoms with E-state index >= 15 is 0 Å². The number of halogens is 1. The van der Waals surface area contributed by atoms with Crippen molar-refractivity contribution in [3.63, 3.8) is 0 Å². The third-order valence-corrected chi connectivity index (χ3v) is 3.99. The summed E-state index contributed by atoms with van der Waals surface area (Å²) >= 11 is 3.19. The van der Waals surface area contributed by atoms with Crippen molar-refractivity contribution in [2.75, 3.05) is 19.6 Å². The van der Waals surface area contributed by atoms with Crippen LogP contribution in [-0.2, 0) is 4.79 Å². The van der Waals surface area contributed by atoms with Gasteiger partial charge in [0.2, 0.25) is 5.91 Å². The molecule has 18 heavy (non-hydrogen) atoms. The first-order valence-electron chi connectivity index (χ1n) is 5.99. The van der Waals surface area contributed by atoms with E-state index in [-0.39, 0.29) is 17.9 Å². The lowest BCUT2D eigenvalue weighted by Gasteiger charge is -2.37. The zero-order valence-corrected chi connectivity index (χ0v) is 11.4. The summed E-state index contributed by atoms with van der Waals surface area (Å²) in [6.45, 7) is 1.83. The molecule has 1 atom stereocenters. The molecule has 0 aliphatic carbocycles. The molecule has 5 nitrogen and oxygen atoms in total. The predicted octanol–water partition coefficient (Wildman–Crippen LogP) is 1.49. The summed E-state index contributed by atoms with van der Waals surface area (Å²) in [5, 5.41) is 0. The van der Waals surface area contributed by atoms with E-state index in [1.54, 1.807) is 17.0 Å². The normalized spacial score (nSPS) is 23.4. The fourth-order valence-corrected chi connectivity index (χ4v) is 2.94. The van der Waals surface area contributed by atoms with E-state index in [2.05, 4.69) is 15.9 Å². The Morgan fingerprint density at radius 2 is 2.22 bits per heavy atom. The quantitative estimate of drug-likeness (QED) is 0.789. The van der Waals surface area contributed by atoms with Crippen molar-refractivity contribution in [3.05, 3.63) is 22.6 Å². The van der Waals surface area contributed by atoms with Crippen molar-refractivity contribution >= 4 is 27.7 Å². The molecule has 0 aromatic carbocycles. The maximum atomic E-state index is 12.2. The minimum absolute atomic E-state index is 0.0975. The highest BCUT2D eigenvalue weighted by Crippen LogP contribution is 2.24. The molecule has 1 aromatic heterocycles. The Hall–Kier alpha value is -1.30. The van der Waals surface area contributed by atoms with Crippen LogP contribution < -0.4 is 0 Å². The summed E-state index contributed by atoms with van der Waals surface area (Å²) in [5.41, 5.74) is 0. The topological polar surface area (TPSA) is 53.8 Å². The number of rotatable bonds is 1. The SMILES string of the molecule is O=C(c1ccc(Br)o1)N1CCN2C(=O)CCC2C1. The molecule has 2 saturated heterocycles. The first-order valence-corrected chi connectivity index (χ1v) is 6.78. The first kappa shape index (κ1) is 11.8. The molecule has 0 radical (unpaired) electrons. The van der Waals surface area contributed by atoms with Gasteiger partial charge in [-0.1, -0.05) is 0 Å². The van der Waals surface area contributed by atoms with Gasteiger partial charge in [0.25, 0.3) is 5.91 Å². The van der Waals surface area contributed by atoms with Gasteiger partial charge in [0, 0.05) is 32.1 Å². The van der Waals surface area contributed by atoms with E-state index in [1.165, 1.54) is 0 Å². The maximum absolute atomic E-state index is 12.2. The van der Waals surface area contributed by atoms with Crippen LogP contribution in [0.1, 0.15) is 23.4 Å². The van der Waals surface area contributed by atoms with Crippen molar-refractivity contribution in [1.82, 2.24) is 9.80 Å². The highest BCUT2D eigenvalue weighted by molar-refractivity contribution is 9.10. The smallest absolute Gasteiger partial charge is 0.289 e. The third-order valence-electron chi connectivity index (χ3n) is 3.57. The van der Waals surface area contributed by atoms with Crippen LogP contribution in [0.4, 0.5) is 0 Å². The van der Waals surface area contributed by atoms with Gasteiger partial charge in [-0.05, 0) is 34.5 Å². The van der Waals surface area contributed by atoms with E-state index in [0.717, 1.165) is 6.42 Å². The average Bonchev–Trinajstić information content (AvgIpc) is 2.95. The molecule has 0 N–H and O–H groups in total. The van der Waals surface area contributed by atoms with Crippen molar-refractivity contribution < 1.29 is 14.0 Å². The van der Waals surface area contributed by atoms with Crippen LogP contribution in [0.5, 0.6) is 0 Å². The van der Waals surface area contributed by atoms with Crippen molar-refractivity contribution in [2.24, 2.45) is 0 Å². The predicted molar refractivity (Wildman–Crippen MR) is 67.0 cm³/mol. The van der Waals surface area contributed by atoms with Crippen LogP contribution in [0, 0.1) is 0 Å². The van der Waals surface area contributed by atoms with Crippen LogP contribution in [0.15, 0.2) is 21.2 Å². The number of carbonyl (C=O) groups excluding carboxylic acids is 2. The van der Waals surface area contributed by atoms with Crippen LogP contribution in [0.25, 0.3) is 0 Å². The number of nitrogens with zero attached hydrogens (tertiary/aromatic N) is 2. The van der Waals surface area contributed by atoms with Gasteiger partial charge in [-0.15, -0.1) is 0 Å². The van der Waals surface area contributed by atoms with E-state index in [1.807, 2.05) is 4.90 Å². The number of amides is 2. The molecule has 3 heterocycles. The van der Waals surface area contributed by atoms with E-state index in [9.17, 15) is 9.59 Å². The molecule has 0 bridgehead atoms. The Morgan fingerprint density at radius 3 is 2.94 bits per heavy atom. The Bertz CT molecular complexity index is 499. The lowest BCUT2D eigenvalue weighted by molar-refractivity contribution is -0.130. The zero-order valence-electron chi connectivity index (χ0n) is 9.76. The van der Waals surface area contributed by atoms with Crippen molar-refractivity contribution in [1.29, 1.82) is 0 Å². The Kier molecular flexibility index (Phi) is 2.89. The second kappa shape index (κ2) is 4.42. The largest absolute Gasteiger partial charge is 0.444 e. The average molecular weight is 313 g/mol. The standard InChI is InChI=1S/C12H13BrN2O3/c13-10-3-2-9(18-10)12(17)14-5-6-15-8(7-14)1-4-11(15)16/h2-3,8H,1,4-7H2. The second-order valence-corrected chi connectivity index (χ2v) is 5.42. The van der Waals surface area contributed by atoms with E-state index < -0.39 is 0 Å². The monoisotopic (exact) mass is 312 g/mol. The van der Waals surface area contributed by atoms with Crippen molar-refractivity contribution in [3.8, 4) is 0 Å². The van der Waals surface area contributed by atoms with Gasteiger partial charge in [0.1, 0.15) is 0 Å². The van der Waals surface area contributed by atoms with Crippen LogP contribution in [-0.4, -0.2) is 47.3 Å². The Labute approximate surface area is 113 Å². The number of furan rings is 1. The first-order chi connectivity index (χ1) is 8.65. The fourth-order valence-electron chi connectivity index (χ4n) is 2.63. The second-order valence-electron chi connectivity index (χ2n) is 4.63. The number of fused-ring (bicyclic) bond motifs is 1. The lowest BCUT2D eigenvalue weighted by Crippen LogP contribution is -2.53. The van der Waals surface area contributed by atoms with E-state index in [4.69, 9.17) is 4.42 Å². The molecule has 2 fully saturated rings. The lowest BCUT2D eigenvalue weighted by atomic mass is 10.1. The third kappa shape index (κ3) is 1.94. The fraction of sp³-hybridized carbons (Fsp3) is 0.500. The minimum Gasteiger partial charge on any atom is -0.444 e. The van der Waals surface area contributed by atoms with Crippen LogP contribution >= 0.6 is 15.9 Å². The van der Waals surface area contributed by atoms with Gasteiger partial charge in [0.15, 0.2) is 10.4 Å². The number of hydrogen-bond donors (Lipinski definition) is 0. The van der Waals surface area contributed by atoms with Gasteiger partial charge in [0.05, 0.1) is 0 Å². The summed E-state index contributed by atoms with van der Waals surface area (Å²) in [7, 11) is 0. The molecule has 3 rings (SSSR count). The highest BCUT2D eigenvalue weighted by atomic mass is 79.9. The molecule has 2 aliphatic heterocycles. The summed E-state index contributed by atoms with van der Waals surface area (Å²) < 4.78 is 5.83. The molecule has 96 valence electrons. The summed E-state index contributed by atoms with van der Waals surface area (Å²) in [5.74, 6) is 0.465. The number of hydrogen-bond acceptors (Lipinski definition) is 3. The molecule has 1 aromatic rings. The van der Waals surface area contributed by atoms with Crippen LogP contribution in [0.3, 0.4) is 0 Å². The van der Waals surface area contributed by atoms with Gasteiger partial charge >= 0.3 is 0 Å². The summed E-state index contributed by atoms with van der Waals surface area (Å²) in [6, 6.07) is 3.56. The van der Waals surface area contributed by atoms with Crippen molar-refractivity contribution in [2.45, 2.75) is 18.9 Å². The Morgan fingerprint density at radius 1 is 1.39 bits per heavy atom. The van der Waals surface area contributed by atoms with Gasteiger partial charge < -0.3 is 14.2 Å². The zero-order chi connectivity index (χ0) is 12.7. The molecule has 0 spiro atoms. The summed E-state index contributed by atoms with van der Waals surface area (Å²) in [6.07, 6.45) is 1.46. The summed E-state index contributed by atoms with van der Waals surface area (Å²) in [4.78, 5) is 27.4. The molecule has 6 heteroatoms. The molecule has 2 aliphatic rings. The molecule has 2 amide bonds. The van der Waals surface area contributed by atoms with Gasteiger partial charge in [-0.3, -0.25) is 9.59 Å².